The van der Waals surface area contributed by atoms with Crippen molar-refractivity contribution >= 4 is 22.6 Å². The number of aromatic nitrogens is 2. The first kappa shape index (κ1) is 21.4. The van der Waals surface area contributed by atoms with Gasteiger partial charge in [-0.3, -0.25) is 0 Å². The van der Waals surface area contributed by atoms with Crippen LogP contribution in [-0.4, -0.2) is 14.8 Å². The molecule has 3 aromatic carbocycles. The van der Waals surface area contributed by atoms with E-state index in [1.807, 2.05) is 38.1 Å². The van der Waals surface area contributed by atoms with E-state index in [2.05, 4.69) is 0 Å². The summed E-state index contributed by atoms with van der Waals surface area (Å²) in [5, 5.41) is 5.65. The fraction of sp³-hybridized carbons (Fsp3) is 0.154. The number of ether oxygens (including phenoxy) is 1. The van der Waals surface area contributed by atoms with Crippen LogP contribution < -0.4 is 4.74 Å². The number of fused-ring (bicyclic) bond motifs is 1. The van der Waals surface area contributed by atoms with E-state index >= 15 is 0 Å². The van der Waals surface area contributed by atoms with E-state index in [0.29, 0.717) is 11.3 Å². The quantitative estimate of drug-likeness (QED) is 0.324. The minimum atomic E-state index is -0.290. The molecule has 4 nitrogen and oxygen atoms in total. The highest BCUT2D eigenvalue weighted by atomic mass is 32.2. The first-order valence-electron chi connectivity index (χ1n) is 10.5. The molecule has 1 aliphatic rings. The summed E-state index contributed by atoms with van der Waals surface area (Å²) in [5.41, 5.74) is 4.29. The SMILES string of the molecule is CC1=Nc2c(c(C)nn2-c2ccc(F)cc2)C(c2ccc(OCc3ccccc3F)cc2)S1. The summed E-state index contributed by atoms with van der Waals surface area (Å²) >= 11 is 1.67. The molecule has 0 saturated heterocycles. The minimum absolute atomic E-state index is 0.0207. The molecule has 7 heteroatoms. The van der Waals surface area contributed by atoms with E-state index in [0.717, 1.165) is 33.4 Å². The van der Waals surface area contributed by atoms with Crippen LogP contribution in [-0.2, 0) is 6.61 Å². The average Bonchev–Trinajstić information content (AvgIpc) is 3.15. The first-order chi connectivity index (χ1) is 16.0. The lowest BCUT2D eigenvalue weighted by Gasteiger charge is -2.22. The molecule has 4 aromatic rings. The van der Waals surface area contributed by atoms with E-state index in [-0.39, 0.29) is 23.5 Å². The number of aryl methyl sites for hydroxylation is 1. The fourth-order valence-electron chi connectivity index (χ4n) is 3.86. The minimum Gasteiger partial charge on any atom is -0.489 e. The number of rotatable bonds is 5. The van der Waals surface area contributed by atoms with Gasteiger partial charge in [-0.05, 0) is 61.9 Å². The molecule has 0 fully saturated rings. The second-order valence-corrected chi connectivity index (χ2v) is 9.09. The van der Waals surface area contributed by atoms with Crippen LogP contribution in [0.25, 0.3) is 5.69 Å². The number of hydrogen-bond acceptors (Lipinski definition) is 4. The molecular formula is C26H21F2N3OS. The molecule has 0 saturated carbocycles. The van der Waals surface area contributed by atoms with Crippen LogP contribution in [0.5, 0.6) is 5.75 Å². The Kier molecular flexibility index (Phi) is 5.72. The summed E-state index contributed by atoms with van der Waals surface area (Å²) in [4.78, 5) is 4.76. The maximum atomic E-state index is 13.8. The van der Waals surface area contributed by atoms with Crippen molar-refractivity contribution in [2.45, 2.75) is 25.7 Å². The summed E-state index contributed by atoms with van der Waals surface area (Å²) in [7, 11) is 0. The Labute approximate surface area is 194 Å². The van der Waals surface area contributed by atoms with Gasteiger partial charge in [-0.1, -0.05) is 42.1 Å². The zero-order valence-electron chi connectivity index (χ0n) is 18.1. The average molecular weight is 462 g/mol. The number of halogens is 2. The van der Waals surface area contributed by atoms with Gasteiger partial charge in [-0.25, -0.2) is 18.5 Å². The Morgan fingerprint density at radius 2 is 1.67 bits per heavy atom. The van der Waals surface area contributed by atoms with E-state index in [1.165, 1.54) is 18.2 Å². The van der Waals surface area contributed by atoms with Crippen LogP contribution in [0.3, 0.4) is 0 Å². The third kappa shape index (κ3) is 4.28. The van der Waals surface area contributed by atoms with Gasteiger partial charge in [0.05, 0.1) is 21.7 Å². The Morgan fingerprint density at radius 1 is 0.939 bits per heavy atom. The topological polar surface area (TPSA) is 39.4 Å². The molecule has 0 amide bonds. The van der Waals surface area contributed by atoms with E-state index in [1.54, 1.807) is 46.8 Å². The predicted octanol–water partition coefficient (Wildman–Crippen LogP) is 6.92. The van der Waals surface area contributed by atoms with Gasteiger partial charge in [-0.2, -0.15) is 5.10 Å². The number of hydrogen-bond donors (Lipinski definition) is 0. The Bertz CT molecular complexity index is 1330. The van der Waals surface area contributed by atoms with E-state index in [9.17, 15) is 8.78 Å². The van der Waals surface area contributed by atoms with Gasteiger partial charge < -0.3 is 4.74 Å². The predicted molar refractivity (Wildman–Crippen MR) is 128 cm³/mol. The van der Waals surface area contributed by atoms with Crippen LogP contribution >= 0.6 is 11.8 Å². The normalized spacial score (nSPS) is 15.2. The van der Waals surface area contributed by atoms with Gasteiger partial charge in [0.15, 0.2) is 5.82 Å². The molecule has 33 heavy (non-hydrogen) atoms. The zero-order chi connectivity index (χ0) is 22.9. The molecule has 0 spiro atoms. The second kappa shape index (κ2) is 8.83. The molecule has 0 aliphatic carbocycles. The Hall–Kier alpha value is -3.45. The molecule has 1 aliphatic heterocycles. The maximum Gasteiger partial charge on any atom is 0.161 e. The van der Waals surface area contributed by atoms with Crippen molar-refractivity contribution in [2.24, 2.45) is 4.99 Å². The highest BCUT2D eigenvalue weighted by Crippen LogP contribution is 2.47. The molecular weight excluding hydrogens is 440 g/mol. The highest BCUT2D eigenvalue weighted by Gasteiger charge is 2.30. The van der Waals surface area contributed by atoms with Crippen molar-refractivity contribution in [1.82, 2.24) is 9.78 Å². The van der Waals surface area contributed by atoms with Crippen molar-refractivity contribution in [3.8, 4) is 11.4 Å². The molecule has 1 atom stereocenters. The lowest BCUT2D eigenvalue weighted by molar-refractivity contribution is 0.300. The maximum absolute atomic E-state index is 13.8. The van der Waals surface area contributed by atoms with Gasteiger partial charge in [0.2, 0.25) is 0 Å². The summed E-state index contributed by atoms with van der Waals surface area (Å²) in [5.74, 6) is 0.873. The van der Waals surface area contributed by atoms with Crippen LogP contribution in [0.1, 0.15) is 34.6 Å². The van der Waals surface area contributed by atoms with E-state index in [4.69, 9.17) is 14.8 Å². The van der Waals surface area contributed by atoms with Crippen molar-refractivity contribution in [2.75, 3.05) is 0 Å². The molecule has 0 radical (unpaired) electrons. The summed E-state index contributed by atoms with van der Waals surface area (Å²) in [6.45, 7) is 4.11. The lowest BCUT2D eigenvalue weighted by atomic mass is 10.0. The van der Waals surface area contributed by atoms with E-state index < -0.39 is 0 Å². The molecule has 1 aromatic heterocycles. The van der Waals surface area contributed by atoms with Crippen molar-refractivity contribution in [1.29, 1.82) is 0 Å². The van der Waals surface area contributed by atoms with Gasteiger partial charge >= 0.3 is 0 Å². The summed E-state index contributed by atoms with van der Waals surface area (Å²) < 4.78 is 34.8. The van der Waals surface area contributed by atoms with Crippen molar-refractivity contribution in [3.63, 3.8) is 0 Å². The van der Waals surface area contributed by atoms with Gasteiger partial charge in [0, 0.05) is 11.1 Å². The summed E-state index contributed by atoms with van der Waals surface area (Å²) in [6, 6.07) is 20.7. The number of nitrogens with zero attached hydrogens (tertiary/aromatic N) is 3. The molecule has 1 unspecified atom stereocenters. The largest absolute Gasteiger partial charge is 0.489 e. The molecule has 0 bridgehead atoms. The zero-order valence-corrected chi connectivity index (χ0v) is 18.9. The molecule has 166 valence electrons. The number of aliphatic imine (C=N–C) groups is 1. The van der Waals surface area contributed by atoms with Crippen molar-refractivity contribution in [3.05, 3.63) is 107 Å². The first-order valence-corrected chi connectivity index (χ1v) is 11.4. The third-order valence-corrected chi connectivity index (χ3v) is 6.68. The fourth-order valence-corrected chi connectivity index (χ4v) is 5.03. The summed E-state index contributed by atoms with van der Waals surface area (Å²) in [6.07, 6.45) is 0. The number of thioether (sulfide) groups is 1. The number of benzene rings is 3. The van der Waals surface area contributed by atoms with Gasteiger partial charge in [0.25, 0.3) is 0 Å². The lowest BCUT2D eigenvalue weighted by Crippen LogP contribution is -2.06. The smallest absolute Gasteiger partial charge is 0.161 e. The molecule has 0 N–H and O–H groups in total. The second-order valence-electron chi connectivity index (χ2n) is 7.79. The highest BCUT2D eigenvalue weighted by molar-refractivity contribution is 8.14. The Morgan fingerprint density at radius 3 is 2.39 bits per heavy atom. The standard InChI is InChI=1S/C26H21F2N3OS/c1-16-24-25(18-7-13-22(14-8-18)32-15-19-5-3-4-6-23(19)28)33-17(2)29-26(24)31(30-16)21-11-9-20(27)10-12-21/h3-14,25H,15H2,1-2H3. The van der Waals surface area contributed by atoms with Crippen molar-refractivity contribution < 1.29 is 13.5 Å². The molecule has 2 heterocycles. The third-order valence-electron chi connectivity index (χ3n) is 5.50. The van der Waals surface area contributed by atoms with Gasteiger partial charge in [-0.15, -0.1) is 0 Å². The van der Waals surface area contributed by atoms with Gasteiger partial charge in [0.1, 0.15) is 24.0 Å². The monoisotopic (exact) mass is 461 g/mol. The van der Waals surface area contributed by atoms with Crippen LogP contribution in [0.4, 0.5) is 14.6 Å². The Balaban J connectivity index is 1.42. The van der Waals surface area contributed by atoms with Crippen LogP contribution in [0.2, 0.25) is 0 Å². The molecule has 5 rings (SSSR count). The van der Waals surface area contributed by atoms with Crippen LogP contribution in [0, 0.1) is 18.6 Å². The van der Waals surface area contributed by atoms with Crippen LogP contribution in [0.15, 0.2) is 77.8 Å².